The van der Waals surface area contributed by atoms with Gasteiger partial charge in [-0.2, -0.15) is 0 Å². The van der Waals surface area contributed by atoms with E-state index in [1.807, 2.05) is 0 Å². The molecule has 2 aliphatic heterocycles. The van der Waals surface area contributed by atoms with Crippen LogP contribution in [-0.4, -0.2) is 120 Å². The van der Waals surface area contributed by atoms with Crippen LogP contribution in [0.15, 0.2) is 0 Å². The summed E-state index contributed by atoms with van der Waals surface area (Å²) in [5.41, 5.74) is 0. The quantitative estimate of drug-likeness (QED) is 0.235. The number of hydrogen-bond donors (Lipinski definition) is 9. The molecule has 9 N–H and O–H groups in total. The first kappa shape index (κ1) is 17.4. The molecule has 23 heavy (non-hydrogen) atoms. The number of ether oxygens (including phenoxy) is 2. The largest absolute Gasteiger partial charge is 0.394 e. The fraction of sp³-hybridized carbons (Fsp3) is 1.00. The first-order valence-electron chi connectivity index (χ1n) is 7.42. The highest BCUT2D eigenvalue weighted by Crippen LogP contribution is 2.36. The van der Waals surface area contributed by atoms with Gasteiger partial charge >= 0.3 is 0 Å². The van der Waals surface area contributed by atoms with Crippen molar-refractivity contribution in [1.29, 1.82) is 0 Å². The average molecular weight is 343 g/mol. The number of aliphatic hydroxyl groups is 9. The Morgan fingerprint density at radius 3 is 1.96 bits per heavy atom. The van der Waals surface area contributed by atoms with E-state index in [-0.39, 0.29) is 0 Å². The summed E-state index contributed by atoms with van der Waals surface area (Å²) in [5, 5.41) is 87.8. The van der Waals surface area contributed by atoms with E-state index in [4.69, 9.17) is 21.1 Å². The minimum atomic E-state index is -3.03. The standard InChI is InChI=1S/C12H22O11/c13-1-3-5(15)7(17)8(18)9(22-3)11(20)12(21)10(19)6(16)4(2-14)23-12/h3-11,13-21H,1-2H2/t3-,4-,5-,6-,7+,8-,9?,10+,11?,12?/m1/s1/i9D. The maximum absolute atomic E-state index is 10.3. The van der Waals surface area contributed by atoms with E-state index < -0.39 is 73.9 Å². The van der Waals surface area contributed by atoms with Crippen molar-refractivity contribution in [2.45, 2.75) is 60.7 Å². The molecule has 0 saturated carbocycles. The van der Waals surface area contributed by atoms with Gasteiger partial charge in [-0.15, -0.1) is 0 Å². The van der Waals surface area contributed by atoms with Gasteiger partial charge in [0.15, 0.2) is 0 Å². The summed E-state index contributed by atoms with van der Waals surface area (Å²) in [6.45, 7) is -1.72. The van der Waals surface area contributed by atoms with Gasteiger partial charge in [-0.05, 0) is 0 Å². The molecule has 0 spiro atoms. The van der Waals surface area contributed by atoms with Crippen LogP contribution in [0.25, 0.3) is 0 Å². The molecule has 0 aromatic rings. The lowest BCUT2D eigenvalue weighted by Gasteiger charge is -2.45. The highest BCUT2D eigenvalue weighted by molar-refractivity contribution is 5.05. The molecule has 2 fully saturated rings. The van der Waals surface area contributed by atoms with Gasteiger partial charge in [0.2, 0.25) is 5.79 Å². The van der Waals surface area contributed by atoms with E-state index in [0.717, 1.165) is 0 Å². The van der Waals surface area contributed by atoms with Gasteiger partial charge in [-0.1, -0.05) is 0 Å². The van der Waals surface area contributed by atoms with Gasteiger partial charge in [0.05, 0.1) is 14.6 Å². The smallest absolute Gasteiger partial charge is 0.224 e. The van der Waals surface area contributed by atoms with E-state index in [9.17, 15) is 35.7 Å². The van der Waals surface area contributed by atoms with Crippen LogP contribution in [0.1, 0.15) is 1.37 Å². The maximum atomic E-state index is 10.3. The van der Waals surface area contributed by atoms with E-state index in [2.05, 4.69) is 0 Å². The number of aliphatic hydroxyl groups excluding tert-OH is 8. The second-order valence-electron chi connectivity index (χ2n) is 5.60. The van der Waals surface area contributed by atoms with Gasteiger partial charge in [-0.25, -0.2) is 0 Å². The third-order valence-electron chi connectivity index (χ3n) is 4.12. The fourth-order valence-corrected chi connectivity index (χ4v) is 2.67. The Bertz CT molecular complexity index is 453. The fourth-order valence-electron chi connectivity index (χ4n) is 2.67. The molecule has 2 heterocycles. The Hall–Kier alpha value is -0.440. The molecule has 2 saturated heterocycles. The van der Waals surface area contributed by atoms with Crippen molar-refractivity contribution in [3.8, 4) is 0 Å². The summed E-state index contributed by atoms with van der Waals surface area (Å²) in [4.78, 5) is 0. The van der Waals surface area contributed by atoms with E-state index >= 15 is 0 Å². The van der Waals surface area contributed by atoms with Crippen molar-refractivity contribution < 1.29 is 56.8 Å². The van der Waals surface area contributed by atoms with Crippen LogP contribution < -0.4 is 0 Å². The molecule has 0 amide bonds. The Balaban J connectivity index is 2.34. The lowest BCUT2D eigenvalue weighted by atomic mass is 9.87. The Morgan fingerprint density at radius 1 is 0.913 bits per heavy atom. The van der Waals surface area contributed by atoms with Gasteiger partial charge in [-0.3, -0.25) is 0 Å². The molecule has 3 unspecified atom stereocenters. The van der Waals surface area contributed by atoms with E-state index in [0.29, 0.717) is 0 Å². The van der Waals surface area contributed by atoms with Crippen molar-refractivity contribution in [2.75, 3.05) is 13.2 Å². The molecule has 10 atom stereocenters. The van der Waals surface area contributed by atoms with Crippen molar-refractivity contribution in [1.82, 2.24) is 0 Å². The zero-order chi connectivity index (χ0) is 18.4. The van der Waals surface area contributed by atoms with Crippen LogP contribution >= 0.6 is 0 Å². The van der Waals surface area contributed by atoms with Gasteiger partial charge in [0, 0.05) is 0 Å². The van der Waals surface area contributed by atoms with Crippen LogP contribution in [0.5, 0.6) is 0 Å². The van der Waals surface area contributed by atoms with Gasteiger partial charge in [0.1, 0.15) is 54.9 Å². The molecule has 11 heteroatoms. The van der Waals surface area contributed by atoms with Crippen molar-refractivity contribution in [3.05, 3.63) is 0 Å². The van der Waals surface area contributed by atoms with Crippen molar-refractivity contribution in [3.63, 3.8) is 0 Å². The Kier molecular flexibility index (Phi) is 5.15. The first-order chi connectivity index (χ1) is 11.0. The summed E-state index contributed by atoms with van der Waals surface area (Å²) in [6, 6.07) is 0. The highest BCUT2D eigenvalue weighted by Gasteiger charge is 2.61. The second-order valence-corrected chi connectivity index (χ2v) is 5.60. The van der Waals surface area contributed by atoms with E-state index in [1.165, 1.54) is 0 Å². The first-order valence-corrected chi connectivity index (χ1v) is 6.92. The minimum absolute atomic E-state index is 0.831. The average Bonchev–Trinajstić information content (AvgIpc) is 2.80. The molecule has 2 aliphatic rings. The summed E-state index contributed by atoms with van der Waals surface area (Å²) in [6.07, 6.45) is -18.6. The normalized spacial score (nSPS) is 56.4. The zero-order valence-electron chi connectivity index (χ0n) is 12.9. The summed E-state index contributed by atoms with van der Waals surface area (Å²) >= 11 is 0. The lowest BCUT2D eigenvalue weighted by Crippen LogP contribution is -2.67. The number of hydrogen-bond acceptors (Lipinski definition) is 11. The van der Waals surface area contributed by atoms with Crippen molar-refractivity contribution >= 4 is 0 Å². The SMILES string of the molecule is [2H]C1(C(O)C2(O)O[C@H](CO)[C@@H](O)[C@@H]2O)O[C@H](CO)[C@@H](O)[C@H](O)[C@H]1O. The highest BCUT2D eigenvalue weighted by atomic mass is 16.7. The molecule has 136 valence electrons. The third kappa shape index (κ3) is 2.99. The zero-order valence-corrected chi connectivity index (χ0v) is 11.9. The molecular weight excluding hydrogens is 320 g/mol. The Morgan fingerprint density at radius 2 is 1.48 bits per heavy atom. The van der Waals surface area contributed by atoms with Crippen LogP contribution in [0.4, 0.5) is 0 Å². The van der Waals surface area contributed by atoms with Crippen LogP contribution in [0, 0.1) is 0 Å². The molecule has 0 aliphatic carbocycles. The summed E-state index contributed by atoms with van der Waals surface area (Å²) in [7, 11) is 0. The Labute approximate surface area is 132 Å². The minimum Gasteiger partial charge on any atom is -0.394 e. The molecule has 0 aromatic carbocycles. The molecular formula is C12H22O11. The lowest BCUT2D eigenvalue weighted by molar-refractivity contribution is -0.328. The maximum Gasteiger partial charge on any atom is 0.224 e. The van der Waals surface area contributed by atoms with Crippen LogP contribution in [-0.2, 0) is 9.47 Å². The van der Waals surface area contributed by atoms with E-state index in [1.54, 1.807) is 0 Å². The molecule has 2 rings (SSSR count). The summed E-state index contributed by atoms with van der Waals surface area (Å²) < 4.78 is 17.8. The van der Waals surface area contributed by atoms with Gasteiger partial charge in [0.25, 0.3) is 0 Å². The number of rotatable bonds is 4. The third-order valence-corrected chi connectivity index (χ3v) is 4.12. The molecule has 0 aromatic heterocycles. The van der Waals surface area contributed by atoms with Gasteiger partial charge < -0.3 is 55.4 Å². The van der Waals surface area contributed by atoms with Crippen molar-refractivity contribution in [2.24, 2.45) is 0 Å². The monoisotopic (exact) mass is 343 g/mol. The second kappa shape index (κ2) is 6.82. The molecule has 11 nitrogen and oxygen atoms in total. The van der Waals surface area contributed by atoms with Crippen LogP contribution in [0.3, 0.4) is 0 Å². The molecule has 0 bridgehead atoms. The van der Waals surface area contributed by atoms with Crippen LogP contribution in [0.2, 0.25) is 0 Å². The topological polar surface area (TPSA) is 201 Å². The summed E-state index contributed by atoms with van der Waals surface area (Å²) in [5.74, 6) is -3.03. The molecule has 0 radical (unpaired) electrons. The predicted molar refractivity (Wildman–Crippen MR) is 68.7 cm³/mol. The predicted octanol–water partition coefficient (Wildman–Crippen LogP) is -6.01.